The quantitative estimate of drug-likeness (QED) is 0.644. The minimum absolute atomic E-state index is 0.0291. The van der Waals surface area contributed by atoms with Crippen molar-refractivity contribution in [2.45, 2.75) is 26.2 Å². The number of benzene rings is 1. The van der Waals surface area contributed by atoms with E-state index in [1.807, 2.05) is 6.07 Å². The molecule has 0 aliphatic carbocycles. The van der Waals surface area contributed by atoms with Crippen molar-refractivity contribution >= 4 is 21.6 Å². The molecule has 0 amide bonds. The van der Waals surface area contributed by atoms with Crippen molar-refractivity contribution in [3.63, 3.8) is 0 Å². The van der Waals surface area contributed by atoms with E-state index in [0.29, 0.717) is 4.70 Å². The van der Waals surface area contributed by atoms with Crippen LogP contribution in [0.5, 0.6) is 0 Å². The molecular weight excluding hydrogens is 197 g/mol. The van der Waals surface area contributed by atoms with Crippen molar-refractivity contribution in [3.05, 3.63) is 29.0 Å². The van der Waals surface area contributed by atoms with E-state index in [9.17, 15) is 4.39 Å². The van der Waals surface area contributed by atoms with Gasteiger partial charge in [0.1, 0.15) is 5.82 Å². The Morgan fingerprint density at radius 1 is 1.29 bits per heavy atom. The molecule has 74 valence electrons. The van der Waals surface area contributed by atoms with Crippen LogP contribution < -0.4 is 0 Å². The van der Waals surface area contributed by atoms with Gasteiger partial charge in [-0.05, 0) is 23.1 Å². The van der Waals surface area contributed by atoms with Crippen LogP contribution in [0.1, 0.15) is 26.3 Å². The molecule has 0 saturated heterocycles. The molecule has 3 heteroatoms. The molecule has 0 bridgehead atoms. The summed E-state index contributed by atoms with van der Waals surface area (Å²) < 4.78 is 14.2. The molecule has 0 N–H and O–H groups in total. The van der Waals surface area contributed by atoms with Crippen LogP contribution >= 0.6 is 11.3 Å². The molecule has 1 aromatic heterocycles. The second-order valence-electron chi connectivity index (χ2n) is 4.41. The predicted octanol–water partition coefficient (Wildman–Crippen LogP) is 3.73. The van der Waals surface area contributed by atoms with Gasteiger partial charge in [0.15, 0.2) is 0 Å². The van der Waals surface area contributed by atoms with Crippen LogP contribution in [0.3, 0.4) is 0 Å². The second kappa shape index (κ2) is 3.02. The van der Waals surface area contributed by atoms with Gasteiger partial charge >= 0.3 is 0 Å². The summed E-state index contributed by atoms with van der Waals surface area (Å²) in [4.78, 5) is 4.13. The highest BCUT2D eigenvalue weighted by molar-refractivity contribution is 7.16. The number of halogens is 1. The lowest BCUT2D eigenvalue weighted by atomic mass is 9.87. The highest BCUT2D eigenvalue weighted by Gasteiger charge is 2.16. The van der Waals surface area contributed by atoms with Crippen LogP contribution in [0.2, 0.25) is 0 Å². The molecule has 0 spiro atoms. The highest BCUT2D eigenvalue weighted by Crippen LogP contribution is 2.29. The average Bonchev–Trinajstić information content (AvgIpc) is 2.50. The molecule has 0 unspecified atom stereocenters. The van der Waals surface area contributed by atoms with E-state index in [-0.39, 0.29) is 11.2 Å². The molecule has 0 atom stereocenters. The summed E-state index contributed by atoms with van der Waals surface area (Å²) in [6.45, 7) is 6.21. The Kier molecular flexibility index (Phi) is 2.07. The van der Waals surface area contributed by atoms with E-state index >= 15 is 0 Å². The van der Waals surface area contributed by atoms with E-state index in [1.54, 1.807) is 11.6 Å². The predicted molar refractivity (Wildman–Crippen MR) is 58.3 cm³/mol. The van der Waals surface area contributed by atoms with Crippen molar-refractivity contribution < 1.29 is 4.39 Å². The normalized spacial score (nSPS) is 12.3. The molecule has 2 rings (SSSR count). The van der Waals surface area contributed by atoms with Crippen molar-refractivity contribution in [1.29, 1.82) is 0 Å². The number of thiazole rings is 1. The standard InChI is InChI=1S/C11H12FNS/c1-11(2,3)7-4-8(12)10-9(5-7)13-6-14-10/h4-6H,1-3H3. The lowest BCUT2D eigenvalue weighted by molar-refractivity contribution is 0.577. The molecule has 0 aliphatic heterocycles. The van der Waals surface area contributed by atoms with Gasteiger partial charge in [0.05, 0.1) is 15.7 Å². The first kappa shape index (κ1) is 9.59. The van der Waals surface area contributed by atoms with Crippen LogP contribution in [-0.2, 0) is 5.41 Å². The van der Waals surface area contributed by atoms with Crippen LogP contribution in [0.4, 0.5) is 4.39 Å². The Morgan fingerprint density at radius 2 is 2.00 bits per heavy atom. The van der Waals surface area contributed by atoms with Crippen LogP contribution in [0.25, 0.3) is 10.2 Å². The molecule has 1 nitrogen and oxygen atoms in total. The van der Waals surface area contributed by atoms with Gasteiger partial charge in [0.25, 0.3) is 0 Å². The first-order valence-corrected chi connectivity index (χ1v) is 5.39. The topological polar surface area (TPSA) is 12.9 Å². The molecule has 2 aromatic rings. The zero-order chi connectivity index (χ0) is 10.3. The maximum absolute atomic E-state index is 13.6. The van der Waals surface area contributed by atoms with E-state index < -0.39 is 0 Å². The summed E-state index contributed by atoms with van der Waals surface area (Å²) in [7, 11) is 0. The summed E-state index contributed by atoms with van der Waals surface area (Å²) in [5, 5.41) is 0. The fraction of sp³-hybridized carbons (Fsp3) is 0.364. The third kappa shape index (κ3) is 1.52. The summed E-state index contributed by atoms with van der Waals surface area (Å²) in [6, 6.07) is 3.58. The number of hydrogen-bond donors (Lipinski definition) is 0. The van der Waals surface area contributed by atoms with Gasteiger partial charge < -0.3 is 0 Å². The maximum Gasteiger partial charge on any atom is 0.142 e. The Balaban J connectivity index is 2.70. The summed E-state index contributed by atoms with van der Waals surface area (Å²) in [5.41, 5.74) is 3.41. The van der Waals surface area contributed by atoms with E-state index in [4.69, 9.17) is 0 Å². The minimum atomic E-state index is -0.157. The molecule has 1 aromatic carbocycles. The average molecular weight is 209 g/mol. The molecule has 1 heterocycles. The van der Waals surface area contributed by atoms with Gasteiger partial charge in [-0.1, -0.05) is 20.8 Å². The number of rotatable bonds is 0. The maximum atomic E-state index is 13.6. The minimum Gasteiger partial charge on any atom is -0.245 e. The Morgan fingerprint density at radius 3 is 2.64 bits per heavy atom. The largest absolute Gasteiger partial charge is 0.245 e. The lowest BCUT2D eigenvalue weighted by Crippen LogP contribution is -2.11. The molecule has 14 heavy (non-hydrogen) atoms. The number of hydrogen-bond acceptors (Lipinski definition) is 2. The van der Waals surface area contributed by atoms with E-state index in [2.05, 4.69) is 25.8 Å². The first-order valence-electron chi connectivity index (χ1n) is 4.52. The van der Waals surface area contributed by atoms with Crippen molar-refractivity contribution in [2.75, 3.05) is 0 Å². The van der Waals surface area contributed by atoms with Crippen molar-refractivity contribution in [2.24, 2.45) is 0 Å². The molecule has 0 fully saturated rings. The van der Waals surface area contributed by atoms with Crippen molar-refractivity contribution in [1.82, 2.24) is 4.98 Å². The van der Waals surface area contributed by atoms with E-state index in [0.717, 1.165) is 11.1 Å². The summed E-state index contributed by atoms with van der Waals surface area (Å²) >= 11 is 1.35. The molecule has 0 saturated carbocycles. The van der Waals surface area contributed by atoms with Crippen LogP contribution in [0, 0.1) is 5.82 Å². The molecule has 0 aliphatic rings. The zero-order valence-corrected chi connectivity index (χ0v) is 9.28. The summed E-state index contributed by atoms with van der Waals surface area (Å²) in [6.07, 6.45) is 0. The van der Waals surface area contributed by atoms with E-state index in [1.165, 1.54) is 11.3 Å². The molecular formula is C11H12FNS. The third-order valence-electron chi connectivity index (χ3n) is 2.25. The fourth-order valence-corrected chi connectivity index (χ4v) is 2.04. The van der Waals surface area contributed by atoms with Gasteiger partial charge in [-0.3, -0.25) is 0 Å². The van der Waals surface area contributed by atoms with Gasteiger partial charge in [-0.25, -0.2) is 9.37 Å². The Bertz CT molecular complexity index is 468. The Labute approximate surface area is 86.6 Å². The molecule has 0 radical (unpaired) electrons. The number of aromatic nitrogens is 1. The Hall–Kier alpha value is -0.960. The lowest BCUT2D eigenvalue weighted by Gasteiger charge is -2.18. The monoisotopic (exact) mass is 209 g/mol. The third-order valence-corrected chi connectivity index (χ3v) is 3.10. The van der Waals surface area contributed by atoms with Gasteiger partial charge in [-0.15, -0.1) is 11.3 Å². The smallest absolute Gasteiger partial charge is 0.142 e. The number of nitrogens with zero attached hydrogens (tertiary/aromatic N) is 1. The number of fused-ring (bicyclic) bond motifs is 1. The highest BCUT2D eigenvalue weighted by atomic mass is 32.1. The summed E-state index contributed by atoms with van der Waals surface area (Å²) in [5.74, 6) is -0.157. The van der Waals surface area contributed by atoms with Gasteiger partial charge in [0.2, 0.25) is 0 Å². The van der Waals surface area contributed by atoms with Gasteiger partial charge in [0, 0.05) is 0 Å². The van der Waals surface area contributed by atoms with Crippen molar-refractivity contribution in [3.8, 4) is 0 Å². The first-order chi connectivity index (χ1) is 6.48. The fourth-order valence-electron chi connectivity index (χ4n) is 1.36. The van der Waals surface area contributed by atoms with Gasteiger partial charge in [-0.2, -0.15) is 0 Å². The SMILES string of the molecule is CC(C)(C)c1cc(F)c2scnc2c1. The van der Waals surface area contributed by atoms with Crippen LogP contribution in [-0.4, -0.2) is 4.98 Å². The van der Waals surface area contributed by atoms with Crippen LogP contribution in [0.15, 0.2) is 17.6 Å². The second-order valence-corrected chi connectivity index (χ2v) is 5.26. The zero-order valence-electron chi connectivity index (χ0n) is 8.47.